The van der Waals surface area contributed by atoms with E-state index in [1.54, 1.807) is 17.0 Å². The van der Waals surface area contributed by atoms with Gasteiger partial charge in [0, 0.05) is 25.9 Å². The van der Waals surface area contributed by atoms with E-state index in [0.29, 0.717) is 19.4 Å². The molecule has 0 saturated heterocycles. The fourth-order valence-electron chi connectivity index (χ4n) is 4.27. The first-order valence-electron chi connectivity index (χ1n) is 13.1. The summed E-state index contributed by atoms with van der Waals surface area (Å²) in [6.07, 6.45) is 2.07. The predicted octanol–water partition coefficient (Wildman–Crippen LogP) is 6.22. The van der Waals surface area contributed by atoms with Crippen LogP contribution in [0, 0.1) is 5.82 Å². The van der Waals surface area contributed by atoms with E-state index in [4.69, 9.17) is 0 Å². The van der Waals surface area contributed by atoms with Crippen molar-refractivity contribution in [2.75, 3.05) is 6.54 Å². The highest BCUT2D eigenvalue weighted by molar-refractivity contribution is 5.88. The van der Waals surface area contributed by atoms with Crippen molar-refractivity contribution in [2.45, 2.75) is 71.4 Å². The zero-order valence-corrected chi connectivity index (χ0v) is 22.5. The summed E-state index contributed by atoms with van der Waals surface area (Å²) in [6, 6.07) is 23.6. The molecule has 3 rings (SSSR count). The van der Waals surface area contributed by atoms with Crippen LogP contribution in [-0.4, -0.2) is 29.3 Å². The number of aryl methyl sites for hydroxylation is 1. The molecule has 1 unspecified atom stereocenters. The largest absolute Gasteiger partial charge is 0.354 e. The van der Waals surface area contributed by atoms with Crippen LogP contribution in [-0.2, 0) is 34.4 Å². The lowest BCUT2D eigenvalue weighted by Crippen LogP contribution is -2.50. The van der Waals surface area contributed by atoms with Crippen LogP contribution >= 0.6 is 0 Å². The number of benzene rings is 3. The lowest BCUT2D eigenvalue weighted by atomic mass is 9.86. The standard InChI is InChI=1S/C32H39FN2O2/c1-5-21-34-31(37)29(22-25-9-7-6-8-10-25)35(23-26-13-18-28(33)19-14-26)30(36)20-15-24-11-16-27(17-12-24)32(2,3)4/h6-14,16-19,29H,5,15,20-23H2,1-4H3,(H,34,37). The molecule has 1 atom stereocenters. The Hall–Kier alpha value is -3.47. The molecule has 0 aliphatic carbocycles. The molecular formula is C32H39FN2O2. The highest BCUT2D eigenvalue weighted by Crippen LogP contribution is 2.23. The number of hydrogen-bond acceptors (Lipinski definition) is 2. The Labute approximate surface area is 220 Å². The summed E-state index contributed by atoms with van der Waals surface area (Å²) in [5.74, 6) is -0.602. The molecule has 3 aromatic rings. The lowest BCUT2D eigenvalue weighted by Gasteiger charge is -2.31. The van der Waals surface area contributed by atoms with E-state index in [2.05, 4.69) is 50.4 Å². The van der Waals surface area contributed by atoms with Gasteiger partial charge in [-0.15, -0.1) is 0 Å². The molecule has 1 N–H and O–H groups in total. The predicted molar refractivity (Wildman–Crippen MR) is 148 cm³/mol. The van der Waals surface area contributed by atoms with E-state index in [9.17, 15) is 14.0 Å². The zero-order chi connectivity index (χ0) is 26.8. The topological polar surface area (TPSA) is 49.4 Å². The minimum Gasteiger partial charge on any atom is -0.354 e. The maximum absolute atomic E-state index is 13.7. The van der Waals surface area contributed by atoms with Crippen molar-refractivity contribution in [3.8, 4) is 0 Å². The molecule has 0 fully saturated rings. The van der Waals surface area contributed by atoms with Crippen LogP contribution in [0.3, 0.4) is 0 Å². The maximum Gasteiger partial charge on any atom is 0.243 e. The third-order valence-corrected chi connectivity index (χ3v) is 6.53. The van der Waals surface area contributed by atoms with Crippen LogP contribution in [0.2, 0.25) is 0 Å². The molecule has 4 nitrogen and oxygen atoms in total. The van der Waals surface area contributed by atoms with Crippen LogP contribution < -0.4 is 5.32 Å². The fraction of sp³-hybridized carbons (Fsp3) is 0.375. The lowest BCUT2D eigenvalue weighted by molar-refractivity contribution is -0.141. The number of hydrogen-bond donors (Lipinski definition) is 1. The minimum absolute atomic E-state index is 0.0663. The second-order valence-electron chi connectivity index (χ2n) is 10.6. The summed E-state index contributed by atoms with van der Waals surface area (Å²) in [5.41, 5.74) is 4.16. The van der Waals surface area contributed by atoms with E-state index in [0.717, 1.165) is 23.1 Å². The summed E-state index contributed by atoms with van der Waals surface area (Å²) >= 11 is 0. The summed E-state index contributed by atoms with van der Waals surface area (Å²) < 4.78 is 13.6. The number of carbonyl (C=O) groups is 2. The first-order chi connectivity index (χ1) is 17.7. The quantitative estimate of drug-likeness (QED) is 0.338. The molecule has 37 heavy (non-hydrogen) atoms. The number of carbonyl (C=O) groups excluding carboxylic acids is 2. The van der Waals surface area contributed by atoms with Gasteiger partial charge in [-0.3, -0.25) is 9.59 Å². The highest BCUT2D eigenvalue weighted by atomic mass is 19.1. The van der Waals surface area contributed by atoms with Crippen molar-refractivity contribution in [3.63, 3.8) is 0 Å². The van der Waals surface area contributed by atoms with Gasteiger partial charge in [-0.05, 0) is 52.6 Å². The van der Waals surface area contributed by atoms with E-state index in [1.165, 1.54) is 17.7 Å². The molecule has 2 amide bonds. The average Bonchev–Trinajstić information content (AvgIpc) is 2.89. The summed E-state index contributed by atoms with van der Waals surface area (Å²) in [7, 11) is 0. The Morgan fingerprint density at radius 2 is 1.49 bits per heavy atom. The Morgan fingerprint density at radius 3 is 2.08 bits per heavy atom. The van der Waals surface area contributed by atoms with Crippen molar-refractivity contribution in [2.24, 2.45) is 0 Å². The van der Waals surface area contributed by atoms with Gasteiger partial charge < -0.3 is 10.2 Å². The second kappa shape index (κ2) is 13.2. The highest BCUT2D eigenvalue weighted by Gasteiger charge is 2.30. The molecule has 0 heterocycles. The molecule has 0 aliphatic rings. The van der Waals surface area contributed by atoms with Crippen molar-refractivity contribution in [1.29, 1.82) is 0 Å². The van der Waals surface area contributed by atoms with Crippen LogP contribution in [0.5, 0.6) is 0 Å². The molecule has 0 bridgehead atoms. The van der Waals surface area contributed by atoms with Crippen LogP contribution in [0.4, 0.5) is 4.39 Å². The molecule has 5 heteroatoms. The average molecular weight is 503 g/mol. The third kappa shape index (κ3) is 8.56. The van der Waals surface area contributed by atoms with Crippen molar-refractivity contribution in [1.82, 2.24) is 10.2 Å². The van der Waals surface area contributed by atoms with Gasteiger partial charge in [0.05, 0.1) is 0 Å². The number of nitrogens with one attached hydrogen (secondary N) is 1. The van der Waals surface area contributed by atoms with Gasteiger partial charge >= 0.3 is 0 Å². The van der Waals surface area contributed by atoms with Gasteiger partial charge in [-0.25, -0.2) is 4.39 Å². The van der Waals surface area contributed by atoms with Gasteiger partial charge in [-0.2, -0.15) is 0 Å². The fourth-order valence-corrected chi connectivity index (χ4v) is 4.27. The molecule has 196 valence electrons. The number of rotatable bonds is 11. The number of amides is 2. The Bertz CT molecular complexity index is 1140. The Morgan fingerprint density at radius 1 is 0.865 bits per heavy atom. The van der Waals surface area contributed by atoms with E-state index < -0.39 is 6.04 Å². The maximum atomic E-state index is 13.7. The SMILES string of the molecule is CCCNC(=O)C(Cc1ccccc1)N(Cc1ccc(F)cc1)C(=O)CCc1ccc(C(C)(C)C)cc1. The van der Waals surface area contributed by atoms with Gasteiger partial charge in [0.25, 0.3) is 0 Å². The van der Waals surface area contributed by atoms with Gasteiger partial charge in [0.2, 0.25) is 11.8 Å². The van der Waals surface area contributed by atoms with Crippen LogP contribution in [0.15, 0.2) is 78.9 Å². The summed E-state index contributed by atoms with van der Waals surface area (Å²) in [5, 5.41) is 2.98. The monoisotopic (exact) mass is 502 g/mol. The smallest absolute Gasteiger partial charge is 0.243 e. The molecule has 0 spiro atoms. The van der Waals surface area contributed by atoms with E-state index >= 15 is 0 Å². The van der Waals surface area contributed by atoms with Crippen molar-refractivity contribution in [3.05, 3.63) is 107 Å². The van der Waals surface area contributed by atoms with Crippen LogP contribution in [0.1, 0.15) is 62.8 Å². The second-order valence-corrected chi connectivity index (χ2v) is 10.6. The van der Waals surface area contributed by atoms with Crippen LogP contribution in [0.25, 0.3) is 0 Å². The molecule has 0 aliphatic heterocycles. The number of nitrogens with zero attached hydrogens (tertiary/aromatic N) is 1. The first-order valence-corrected chi connectivity index (χ1v) is 13.1. The third-order valence-electron chi connectivity index (χ3n) is 6.53. The molecule has 0 aromatic heterocycles. The number of halogens is 1. The van der Waals surface area contributed by atoms with E-state index in [-0.39, 0.29) is 36.0 Å². The van der Waals surface area contributed by atoms with Gasteiger partial charge in [0.15, 0.2) is 0 Å². The normalized spacial score (nSPS) is 12.1. The molecule has 0 radical (unpaired) electrons. The van der Waals surface area contributed by atoms with Crippen molar-refractivity contribution >= 4 is 11.8 Å². The minimum atomic E-state index is -0.672. The molecule has 3 aromatic carbocycles. The first kappa shape index (κ1) is 28.1. The van der Waals surface area contributed by atoms with E-state index in [1.807, 2.05) is 37.3 Å². The van der Waals surface area contributed by atoms with Gasteiger partial charge in [0.1, 0.15) is 11.9 Å². The Balaban J connectivity index is 1.85. The van der Waals surface area contributed by atoms with Gasteiger partial charge in [-0.1, -0.05) is 94.4 Å². The van der Waals surface area contributed by atoms with Crippen molar-refractivity contribution < 1.29 is 14.0 Å². The summed E-state index contributed by atoms with van der Waals surface area (Å²) in [4.78, 5) is 28.7. The molecular weight excluding hydrogens is 463 g/mol. The summed E-state index contributed by atoms with van der Waals surface area (Å²) in [6.45, 7) is 9.31. The zero-order valence-electron chi connectivity index (χ0n) is 22.5. The molecule has 0 saturated carbocycles. The Kier molecular flexibility index (Phi) is 10.0.